The van der Waals surface area contributed by atoms with Gasteiger partial charge in [0, 0.05) is 44.9 Å². The minimum absolute atomic E-state index is 0.237. The van der Waals surface area contributed by atoms with Crippen LogP contribution in [0.1, 0.15) is 40.2 Å². The zero-order valence-electron chi connectivity index (χ0n) is 35.6. The first-order valence-corrected chi connectivity index (χ1v) is 21.9. The maximum Gasteiger partial charge on any atom is 0.161 e. The van der Waals surface area contributed by atoms with E-state index in [0.29, 0.717) is 23.8 Å². The van der Waals surface area contributed by atoms with Gasteiger partial charge in [-0.2, -0.15) is 5.26 Å². The molecule has 0 radical (unpaired) electrons. The number of benzene rings is 8. The van der Waals surface area contributed by atoms with Crippen molar-refractivity contribution in [3.05, 3.63) is 246 Å². The average Bonchev–Trinajstić information content (AvgIpc) is 3.89. The van der Waals surface area contributed by atoms with Crippen molar-refractivity contribution in [2.24, 2.45) is 15.0 Å². The molecule has 11 rings (SSSR count). The first-order valence-electron chi connectivity index (χ1n) is 21.9. The molecule has 6 heteroatoms. The third-order valence-corrected chi connectivity index (χ3v) is 12.5. The van der Waals surface area contributed by atoms with Gasteiger partial charge < -0.3 is 9.47 Å². The summed E-state index contributed by atoms with van der Waals surface area (Å²) in [5.41, 5.74) is 15.6. The number of rotatable bonds is 8. The number of amidine groups is 2. The van der Waals surface area contributed by atoms with Crippen molar-refractivity contribution < 1.29 is 0 Å². The molecule has 0 amide bonds. The summed E-state index contributed by atoms with van der Waals surface area (Å²) in [7, 11) is 0. The number of para-hydroxylation sites is 2. The normalized spacial score (nSPS) is 14.5. The van der Waals surface area contributed by atoms with Crippen molar-refractivity contribution in [1.82, 2.24) is 4.57 Å². The van der Waals surface area contributed by atoms with E-state index in [-0.39, 0.29) is 5.92 Å². The molecule has 1 aliphatic carbocycles. The SMILES string of the molecule is C=NC(=NC(=NCc1ccccc1)c1cc(C#N)cc(-c2ccc3c(c2)N(c2ccc(-c4ccc5c6ccccc6n(-c6ccccc6)c5c4)cc2)C2=CC=CCC23)c1)c1ccccc1. The van der Waals surface area contributed by atoms with E-state index >= 15 is 0 Å². The van der Waals surface area contributed by atoms with Gasteiger partial charge in [-0.15, -0.1) is 0 Å². The van der Waals surface area contributed by atoms with Crippen LogP contribution in [0.3, 0.4) is 0 Å². The van der Waals surface area contributed by atoms with E-state index < -0.39 is 0 Å². The lowest BCUT2D eigenvalue weighted by molar-refractivity contribution is 0.819. The van der Waals surface area contributed by atoms with E-state index in [9.17, 15) is 5.26 Å². The van der Waals surface area contributed by atoms with Gasteiger partial charge in [0.1, 0.15) is 0 Å². The Kier molecular flexibility index (Phi) is 10.2. The summed E-state index contributed by atoms with van der Waals surface area (Å²) in [5, 5.41) is 12.9. The fourth-order valence-electron chi connectivity index (χ4n) is 9.39. The molecule has 1 atom stereocenters. The third-order valence-electron chi connectivity index (χ3n) is 12.5. The van der Waals surface area contributed by atoms with Gasteiger partial charge in [-0.3, -0.25) is 4.99 Å². The lowest BCUT2D eigenvalue weighted by Crippen LogP contribution is -2.14. The number of anilines is 2. The smallest absolute Gasteiger partial charge is 0.161 e. The van der Waals surface area contributed by atoms with Gasteiger partial charge in [-0.05, 0) is 113 Å². The molecule has 0 fully saturated rings. The molecule has 1 unspecified atom stereocenters. The maximum absolute atomic E-state index is 10.4. The Hall–Kier alpha value is -8.66. The topological polar surface area (TPSA) is 69.0 Å². The van der Waals surface area contributed by atoms with Crippen LogP contribution in [-0.4, -0.2) is 23.0 Å². The summed E-state index contributed by atoms with van der Waals surface area (Å²) < 4.78 is 2.37. The quantitative estimate of drug-likeness (QED) is 0.113. The fraction of sp³-hybridized carbons (Fsp3) is 0.0508. The van der Waals surface area contributed by atoms with E-state index in [2.05, 4.69) is 167 Å². The zero-order chi connectivity index (χ0) is 43.7. The molecule has 6 nitrogen and oxygen atoms in total. The van der Waals surface area contributed by atoms with Crippen molar-refractivity contribution in [3.8, 4) is 34.0 Å². The van der Waals surface area contributed by atoms with Crippen LogP contribution in [-0.2, 0) is 6.54 Å². The number of aliphatic imine (C=N–C) groups is 3. The van der Waals surface area contributed by atoms with Crippen molar-refractivity contribution in [2.45, 2.75) is 18.9 Å². The van der Waals surface area contributed by atoms with Crippen LogP contribution in [0.5, 0.6) is 0 Å². The van der Waals surface area contributed by atoms with E-state index in [1.54, 1.807) is 0 Å². The van der Waals surface area contributed by atoms with Crippen LogP contribution in [0.25, 0.3) is 49.7 Å². The van der Waals surface area contributed by atoms with Crippen molar-refractivity contribution in [1.29, 1.82) is 5.26 Å². The van der Waals surface area contributed by atoms with Gasteiger partial charge in [0.05, 0.1) is 34.9 Å². The van der Waals surface area contributed by atoms with Crippen LogP contribution >= 0.6 is 0 Å². The Bertz CT molecular complexity index is 3440. The van der Waals surface area contributed by atoms with Gasteiger partial charge in [-0.25, -0.2) is 9.98 Å². The number of nitriles is 1. The van der Waals surface area contributed by atoms with Gasteiger partial charge >= 0.3 is 0 Å². The van der Waals surface area contributed by atoms with Gasteiger partial charge in [0.15, 0.2) is 11.7 Å². The van der Waals surface area contributed by atoms with Crippen molar-refractivity contribution in [2.75, 3.05) is 4.90 Å². The Labute approximate surface area is 378 Å². The van der Waals surface area contributed by atoms with E-state index in [1.165, 1.54) is 33.1 Å². The molecule has 0 spiro atoms. The summed E-state index contributed by atoms with van der Waals surface area (Å²) in [6, 6.07) is 69.9. The summed E-state index contributed by atoms with van der Waals surface area (Å²) in [4.78, 5) is 16.7. The summed E-state index contributed by atoms with van der Waals surface area (Å²) in [6.07, 6.45) is 7.60. The zero-order valence-corrected chi connectivity index (χ0v) is 35.6. The molecule has 308 valence electrons. The largest absolute Gasteiger partial charge is 0.313 e. The van der Waals surface area contributed by atoms with Crippen LogP contribution < -0.4 is 4.90 Å². The number of fused-ring (bicyclic) bond motifs is 6. The molecule has 65 heavy (non-hydrogen) atoms. The molecule has 9 aromatic rings. The van der Waals surface area contributed by atoms with E-state index in [1.807, 2.05) is 72.8 Å². The number of hydrogen-bond donors (Lipinski definition) is 0. The molecule has 2 heterocycles. The van der Waals surface area contributed by atoms with Crippen molar-refractivity contribution >= 4 is 51.6 Å². The molecule has 1 aliphatic heterocycles. The Morgan fingerprint density at radius 2 is 1.29 bits per heavy atom. The first kappa shape index (κ1) is 39.2. The summed E-state index contributed by atoms with van der Waals surface area (Å²) in [6.45, 7) is 4.26. The van der Waals surface area contributed by atoms with Gasteiger partial charge in [-0.1, -0.05) is 146 Å². The van der Waals surface area contributed by atoms with Crippen LogP contribution in [0.2, 0.25) is 0 Å². The first-order chi connectivity index (χ1) is 32.1. The monoisotopic (exact) mass is 834 g/mol. The molecule has 0 N–H and O–H groups in total. The van der Waals surface area contributed by atoms with Crippen LogP contribution in [0.4, 0.5) is 11.4 Å². The predicted molar refractivity (Wildman–Crippen MR) is 269 cm³/mol. The highest BCUT2D eigenvalue weighted by atomic mass is 15.2. The third kappa shape index (κ3) is 7.35. The highest BCUT2D eigenvalue weighted by molar-refractivity contribution is 6.13. The average molecular weight is 835 g/mol. The Balaban J connectivity index is 0.977. The number of allylic oxidation sites excluding steroid dienone is 4. The summed E-state index contributed by atoms with van der Waals surface area (Å²) >= 11 is 0. The Morgan fingerprint density at radius 1 is 0.600 bits per heavy atom. The molecule has 8 aromatic carbocycles. The Morgan fingerprint density at radius 3 is 2.08 bits per heavy atom. The van der Waals surface area contributed by atoms with Crippen molar-refractivity contribution in [3.63, 3.8) is 0 Å². The fourth-order valence-corrected chi connectivity index (χ4v) is 9.39. The second kappa shape index (κ2) is 16.9. The molecule has 2 aliphatic rings. The van der Waals surface area contributed by atoms with Gasteiger partial charge in [0.25, 0.3) is 0 Å². The van der Waals surface area contributed by atoms with E-state index in [4.69, 9.17) is 9.98 Å². The molecule has 1 aromatic heterocycles. The number of hydrogen-bond acceptors (Lipinski definition) is 3. The predicted octanol–water partition coefficient (Wildman–Crippen LogP) is 14.2. The van der Waals surface area contributed by atoms with Gasteiger partial charge in [0.2, 0.25) is 0 Å². The van der Waals surface area contributed by atoms with Crippen LogP contribution in [0, 0.1) is 11.3 Å². The highest BCUT2D eigenvalue weighted by Gasteiger charge is 2.35. The molecular formula is C59H42N6. The van der Waals surface area contributed by atoms with E-state index in [0.717, 1.165) is 62.4 Å². The standard InChI is InChI=1S/C59H42N6/c1-61-58(43-17-7-3-8-18-43)63-59(62-39-40-15-5-2-6-16-40)47-34-41(38-60)33-46(35-47)45-28-32-53-51-22-12-14-24-55(51)65(57(53)37-45)49-29-25-42(26-30-49)44-27-31-52-50-21-11-13-23-54(50)64(56(52)36-44)48-19-9-4-10-20-48/h2-21,23-37,51H,1,22,39H2. The molecule has 0 saturated carbocycles. The number of aromatic nitrogens is 1. The summed E-state index contributed by atoms with van der Waals surface area (Å²) in [5.74, 6) is 1.17. The second-order valence-corrected chi connectivity index (χ2v) is 16.4. The molecule has 0 saturated heterocycles. The minimum atomic E-state index is 0.237. The second-order valence-electron chi connectivity index (χ2n) is 16.4. The maximum atomic E-state index is 10.4. The molecular weight excluding hydrogens is 793 g/mol. The molecule has 0 bridgehead atoms. The lowest BCUT2D eigenvalue weighted by atomic mass is 9.90. The number of nitrogens with zero attached hydrogens (tertiary/aromatic N) is 6. The van der Waals surface area contributed by atoms with Crippen LogP contribution in [0.15, 0.2) is 233 Å². The minimum Gasteiger partial charge on any atom is -0.313 e. The highest BCUT2D eigenvalue weighted by Crippen LogP contribution is 2.52. The lowest BCUT2D eigenvalue weighted by Gasteiger charge is -2.25.